The van der Waals surface area contributed by atoms with Gasteiger partial charge >= 0.3 is 0 Å². The van der Waals surface area contributed by atoms with E-state index in [-0.39, 0.29) is 5.91 Å². The minimum absolute atomic E-state index is 0.243. The zero-order valence-electron chi connectivity index (χ0n) is 13.8. The molecule has 0 bridgehead atoms. The number of carbonyl (C=O) groups excluding carboxylic acids is 1. The second kappa shape index (κ2) is 8.49. The van der Waals surface area contributed by atoms with Crippen molar-refractivity contribution in [3.63, 3.8) is 0 Å². The monoisotopic (exact) mass is 325 g/mol. The summed E-state index contributed by atoms with van der Waals surface area (Å²) >= 11 is 0. The molecular weight excluding hydrogens is 302 g/mol. The van der Waals surface area contributed by atoms with Crippen molar-refractivity contribution in [3.8, 4) is 0 Å². The van der Waals surface area contributed by atoms with Crippen molar-refractivity contribution in [2.45, 2.75) is 19.3 Å². The van der Waals surface area contributed by atoms with Crippen LogP contribution in [0, 0.1) is 0 Å². The van der Waals surface area contributed by atoms with E-state index in [9.17, 15) is 4.79 Å². The second-order valence-electron chi connectivity index (χ2n) is 6.03. The highest BCUT2D eigenvalue weighted by Crippen LogP contribution is 2.08. The number of aryl methyl sites for hydroxylation is 1. The van der Waals surface area contributed by atoms with E-state index in [0.717, 1.165) is 56.8 Å². The van der Waals surface area contributed by atoms with Crippen molar-refractivity contribution in [3.05, 3.63) is 54.4 Å². The fraction of sp³-hybridized carbons (Fsp3) is 0.444. The van der Waals surface area contributed by atoms with Gasteiger partial charge in [-0.2, -0.15) is 0 Å². The molecule has 6 heteroatoms. The van der Waals surface area contributed by atoms with Crippen molar-refractivity contribution < 1.29 is 4.79 Å². The molecule has 3 heterocycles. The van der Waals surface area contributed by atoms with E-state index in [2.05, 4.69) is 19.9 Å². The molecule has 0 aliphatic carbocycles. The summed E-state index contributed by atoms with van der Waals surface area (Å²) in [4.78, 5) is 29.2. The first kappa shape index (κ1) is 16.5. The first-order valence-electron chi connectivity index (χ1n) is 8.45. The third-order valence-electron chi connectivity index (χ3n) is 4.38. The predicted molar refractivity (Wildman–Crippen MR) is 91.3 cm³/mol. The van der Waals surface area contributed by atoms with Crippen LogP contribution in [0.2, 0.25) is 0 Å². The molecule has 0 spiro atoms. The van der Waals surface area contributed by atoms with Gasteiger partial charge in [-0.15, -0.1) is 0 Å². The van der Waals surface area contributed by atoms with E-state index < -0.39 is 0 Å². The van der Waals surface area contributed by atoms with Crippen LogP contribution in [-0.2, 0) is 17.6 Å². The first-order valence-corrected chi connectivity index (χ1v) is 8.45. The van der Waals surface area contributed by atoms with Gasteiger partial charge in [-0.25, -0.2) is 0 Å². The number of carbonyl (C=O) groups is 1. The van der Waals surface area contributed by atoms with Crippen molar-refractivity contribution in [1.82, 2.24) is 24.8 Å². The minimum Gasteiger partial charge on any atom is -0.340 e. The van der Waals surface area contributed by atoms with Gasteiger partial charge in [-0.3, -0.25) is 24.6 Å². The van der Waals surface area contributed by atoms with Gasteiger partial charge < -0.3 is 4.90 Å². The second-order valence-corrected chi connectivity index (χ2v) is 6.03. The van der Waals surface area contributed by atoms with Crippen molar-refractivity contribution >= 4 is 5.91 Å². The number of piperazine rings is 1. The van der Waals surface area contributed by atoms with E-state index >= 15 is 0 Å². The summed E-state index contributed by atoms with van der Waals surface area (Å²) in [6.07, 6.45) is 11.1. The maximum Gasteiger partial charge on any atom is 0.222 e. The van der Waals surface area contributed by atoms with E-state index in [4.69, 9.17) is 0 Å². The Bertz CT molecular complexity index is 626. The quantitative estimate of drug-likeness (QED) is 0.798. The summed E-state index contributed by atoms with van der Waals surface area (Å²) in [5.74, 6) is 0.243. The maximum absolute atomic E-state index is 12.3. The van der Waals surface area contributed by atoms with E-state index in [1.165, 1.54) is 0 Å². The summed E-state index contributed by atoms with van der Waals surface area (Å²) in [5.41, 5.74) is 2.14. The Morgan fingerprint density at radius 2 is 1.83 bits per heavy atom. The summed E-state index contributed by atoms with van der Waals surface area (Å²) in [6.45, 7) is 4.45. The number of nitrogens with zero attached hydrogens (tertiary/aromatic N) is 5. The Hall–Kier alpha value is -2.34. The van der Waals surface area contributed by atoms with Gasteiger partial charge in [0, 0.05) is 76.5 Å². The van der Waals surface area contributed by atoms with E-state index in [1.54, 1.807) is 18.6 Å². The van der Waals surface area contributed by atoms with Crippen LogP contribution in [0.25, 0.3) is 0 Å². The fourth-order valence-electron chi connectivity index (χ4n) is 2.91. The maximum atomic E-state index is 12.3. The molecule has 1 aliphatic heterocycles. The average Bonchev–Trinajstić information content (AvgIpc) is 2.66. The molecule has 1 aliphatic rings. The van der Waals surface area contributed by atoms with Crippen LogP contribution < -0.4 is 0 Å². The Morgan fingerprint density at radius 1 is 1.00 bits per heavy atom. The average molecular weight is 325 g/mol. The predicted octanol–water partition coefficient (Wildman–Crippen LogP) is 1.19. The van der Waals surface area contributed by atoms with Crippen LogP contribution in [0.1, 0.15) is 17.7 Å². The van der Waals surface area contributed by atoms with Crippen molar-refractivity contribution in [2.24, 2.45) is 0 Å². The molecule has 1 saturated heterocycles. The van der Waals surface area contributed by atoms with Crippen molar-refractivity contribution in [2.75, 3.05) is 32.7 Å². The Labute approximate surface area is 142 Å². The molecule has 2 aromatic heterocycles. The molecule has 0 unspecified atom stereocenters. The number of pyridine rings is 1. The van der Waals surface area contributed by atoms with E-state index in [1.807, 2.05) is 29.4 Å². The molecule has 0 N–H and O–H groups in total. The first-order chi connectivity index (χ1) is 11.8. The number of rotatable bonds is 6. The summed E-state index contributed by atoms with van der Waals surface area (Å²) in [6, 6.07) is 3.93. The molecule has 3 rings (SSSR count). The van der Waals surface area contributed by atoms with Gasteiger partial charge in [0.2, 0.25) is 5.91 Å². The van der Waals surface area contributed by atoms with Crippen LogP contribution in [0.4, 0.5) is 0 Å². The SMILES string of the molecule is O=C(CCc1cccnc1)N1CCN(CCc2cnccn2)CC1. The summed E-state index contributed by atoms with van der Waals surface area (Å²) in [5, 5.41) is 0. The molecule has 1 amide bonds. The van der Waals surface area contributed by atoms with E-state index in [0.29, 0.717) is 6.42 Å². The molecule has 126 valence electrons. The van der Waals surface area contributed by atoms with Gasteiger partial charge in [0.1, 0.15) is 0 Å². The molecular formula is C18H23N5O. The molecule has 1 fully saturated rings. The van der Waals surface area contributed by atoms with Gasteiger partial charge in [0.05, 0.1) is 5.69 Å². The Balaban J connectivity index is 1.37. The normalized spacial score (nSPS) is 15.4. The number of hydrogen-bond acceptors (Lipinski definition) is 5. The number of hydrogen-bond donors (Lipinski definition) is 0. The summed E-state index contributed by atoms with van der Waals surface area (Å²) < 4.78 is 0. The third kappa shape index (κ3) is 4.83. The van der Waals surface area contributed by atoms with Gasteiger partial charge in [0.25, 0.3) is 0 Å². The Kier molecular flexibility index (Phi) is 5.85. The lowest BCUT2D eigenvalue weighted by Gasteiger charge is -2.34. The topological polar surface area (TPSA) is 62.2 Å². The summed E-state index contributed by atoms with van der Waals surface area (Å²) in [7, 11) is 0. The highest BCUT2D eigenvalue weighted by atomic mass is 16.2. The number of aromatic nitrogens is 3. The molecule has 0 saturated carbocycles. The molecule has 6 nitrogen and oxygen atoms in total. The minimum atomic E-state index is 0.243. The molecule has 0 atom stereocenters. The standard InChI is InChI=1S/C18H23N5O/c24-18(4-3-16-2-1-6-19-14-16)23-12-10-22(11-13-23)9-5-17-15-20-7-8-21-17/h1-2,6-8,14-15H,3-5,9-13H2. The third-order valence-corrected chi connectivity index (χ3v) is 4.38. The highest BCUT2D eigenvalue weighted by Gasteiger charge is 2.20. The molecule has 2 aromatic rings. The van der Waals surface area contributed by atoms with Gasteiger partial charge in [-0.05, 0) is 18.1 Å². The zero-order valence-corrected chi connectivity index (χ0v) is 13.8. The van der Waals surface area contributed by atoms with Crippen LogP contribution in [-0.4, -0.2) is 63.4 Å². The lowest BCUT2D eigenvalue weighted by atomic mass is 10.1. The lowest BCUT2D eigenvalue weighted by molar-refractivity contribution is -0.132. The van der Waals surface area contributed by atoms with Crippen molar-refractivity contribution in [1.29, 1.82) is 0 Å². The highest BCUT2D eigenvalue weighted by molar-refractivity contribution is 5.76. The zero-order chi connectivity index (χ0) is 16.6. The smallest absolute Gasteiger partial charge is 0.222 e. The van der Waals surface area contributed by atoms with Crippen LogP contribution in [0.5, 0.6) is 0 Å². The Morgan fingerprint density at radius 3 is 2.54 bits per heavy atom. The fourth-order valence-corrected chi connectivity index (χ4v) is 2.91. The van der Waals surface area contributed by atoms with Gasteiger partial charge in [-0.1, -0.05) is 6.07 Å². The largest absolute Gasteiger partial charge is 0.340 e. The van der Waals surface area contributed by atoms with Crippen LogP contribution in [0.15, 0.2) is 43.1 Å². The molecule has 0 radical (unpaired) electrons. The molecule has 24 heavy (non-hydrogen) atoms. The van der Waals surface area contributed by atoms with Gasteiger partial charge in [0.15, 0.2) is 0 Å². The number of amides is 1. The molecule has 0 aromatic carbocycles. The van der Waals surface area contributed by atoms with Crippen LogP contribution in [0.3, 0.4) is 0 Å². The van der Waals surface area contributed by atoms with Crippen LogP contribution >= 0.6 is 0 Å². The lowest BCUT2D eigenvalue weighted by Crippen LogP contribution is -2.49.